The van der Waals surface area contributed by atoms with Crippen molar-refractivity contribution in [3.63, 3.8) is 0 Å². The zero-order valence-corrected chi connectivity index (χ0v) is 16.8. The van der Waals surface area contributed by atoms with Gasteiger partial charge in [-0.05, 0) is 42.3 Å². The van der Waals surface area contributed by atoms with Crippen LogP contribution in [0.5, 0.6) is 0 Å². The van der Waals surface area contributed by atoms with Crippen LogP contribution in [0.1, 0.15) is 23.6 Å². The van der Waals surface area contributed by atoms with E-state index < -0.39 is 23.4 Å². The van der Waals surface area contributed by atoms with Crippen LogP contribution in [-0.4, -0.2) is 31.5 Å². The summed E-state index contributed by atoms with van der Waals surface area (Å²) in [6.45, 7) is 2.43. The summed E-state index contributed by atoms with van der Waals surface area (Å²) in [5, 5.41) is 8.44. The van der Waals surface area contributed by atoms with Crippen molar-refractivity contribution < 1.29 is 26.7 Å². The Hall–Kier alpha value is -3.17. The van der Waals surface area contributed by atoms with E-state index in [-0.39, 0.29) is 43.5 Å². The maximum absolute atomic E-state index is 13.2. The predicted octanol–water partition coefficient (Wildman–Crippen LogP) is 3.40. The number of nitrogens with zero attached hydrogens (tertiary/aromatic N) is 1. The minimum Gasteiger partial charge on any atom is -0.357 e. The zero-order chi connectivity index (χ0) is 22.9. The molecule has 3 N–H and O–H groups in total. The number of halogens is 5. The highest BCUT2D eigenvalue weighted by molar-refractivity contribution is 5.80. The number of hydrogen-bond donors (Lipinski definition) is 3. The van der Waals surface area contributed by atoms with Crippen LogP contribution in [-0.2, 0) is 23.9 Å². The number of guanidine groups is 1. The Morgan fingerprint density at radius 3 is 2.35 bits per heavy atom. The van der Waals surface area contributed by atoms with Gasteiger partial charge in [0.2, 0.25) is 5.91 Å². The topological polar surface area (TPSA) is 65.5 Å². The predicted molar refractivity (Wildman–Crippen MR) is 107 cm³/mol. The first-order valence-electron chi connectivity index (χ1n) is 9.58. The lowest BCUT2D eigenvalue weighted by atomic mass is 10.1. The van der Waals surface area contributed by atoms with Gasteiger partial charge in [0, 0.05) is 19.6 Å². The van der Waals surface area contributed by atoms with E-state index in [9.17, 15) is 26.7 Å². The summed E-state index contributed by atoms with van der Waals surface area (Å²) in [7, 11) is 0. The van der Waals surface area contributed by atoms with E-state index in [4.69, 9.17) is 0 Å². The molecule has 5 nitrogen and oxygen atoms in total. The van der Waals surface area contributed by atoms with Gasteiger partial charge in [0.1, 0.15) is 11.6 Å². The minimum atomic E-state index is -4.69. The standard InChI is InChI=1S/C21H23F5N4O/c1-2-27-20(30-13-15-6-7-17(23)12-18(15)21(24,25)26)29-9-8-28-19(31)11-14-4-3-5-16(22)10-14/h3-7,10,12H,2,8-9,11,13H2,1H3,(H,28,31)(H2,27,29,30). The molecule has 1 amide bonds. The molecule has 168 valence electrons. The highest BCUT2D eigenvalue weighted by atomic mass is 19.4. The third-order valence-corrected chi connectivity index (χ3v) is 4.12. The molecule has 0 fully saturated rings. The van der Waals surface area contributed by atoms with Crippen molar-refractivity contribution in [2.75, 3.05) is 19.6 Å². The third kappa shape index (κ3) is 8.23. The molecule has 0 bridgehead atoms. The SMILES string of the molecule is CCNC(=NCc1ccc(F)cc1C(F)(F)F)NCCNC(=O)Cc1cccc(F)c1. The molecule has 10 heteroatoms. The van der Waals surface area contributed by atoms with Crippen molar-refractivity contribution in [1.82, 2.24) is 16.0 Å². The van der Waals surface area contributed by atoms with Gasteiger partial charge in [0.25, 0.3) is 0 Å². The van der Waals surface area contributed by atoms with Crippen molar-refractivity contribution in [1.29, 1.82) is 0 Å². The first-order chi connectivity index (χ1) is 14.7. The van der Waals surface area contributed by atoms with Gasteiger partial charge in [0.15, 0.2) is 5.96 Å². The van der Waals surface area contributed by atoms with Crippen molar-refractivity contribution in [2.45, 2.75) is 26.1 Å². The van der Waals surface area contributed by atoms with E-state index in [1.165, 1.54) is 18.2 Å². The Morgan fingerprint density at radius 2 is 1.68 bits per heavy atom. The van der Waals surface area contributed by atoms with E-state index in [0.29, 0.717) is 18.2 Å². The van der Waals surface area contributed by atoms with E-state index in [2.05, 4.69) is 20.9 Å². The van der Waals surface area contributed by atoms with Crippen LogP contribution in [0.15, 0.2) is 47.5 Å². The lowest BCUT2D eigenvalue weighted by molar-refractivity contribution is -0.138. The summed E-state index contributed by atoms with van der Waals surface area (Å²) in [5.41, 5.74) is -0.689. The van der Waals surface area contributed by atoms with Gasteiger partial charge >= 0.3 is 6.18 Å². The Bertz CT molecular complexity index is 915. The first kappa shape index (κ1) is 24.1. The molecule has 0 heterocycles. The first-order valence-corrected chi connectivity index (χ1v) is 9.58. The fraction of sp³-hybridized carbons (Fsp3) is 0.333. The molecule has 0 aliphatic carbocycles. The van der Waals surface area contributed by atoms with E-state index >= 15 is 0 Å². The molecule has 0 spiro atoms. The van der Waals surface area contributed by atoms with E-state index in [1.54, 1.807) is 13.0 Å². The van der Waals surface area contributed by atoms with Gasteiger partial charge in [-0.15, -0.1) is 0 Å². The van der Waals surface area contributed by atoms with Crippen LogP contribution in [0, 0.1) is 11.6 Å². The number of carbonyl (C=O) groups is 1. The fourth-order valence-corrected chi connectivity index (χ4v) is 2.73. The van der Waals surface area contributed by atoms with Gasteiger partial charge in [0.05, 0.1) is 18.5 Å². The molecule has 0 aliphatic rings. The largest absolute Gasteiger partial charge is 0.416 e. The molecule has 2 aromatic rings. The average molecular weight is 442 g/mol. The van der Waals surface area contributed by atoms with Crippen LogP contribution in [0.25, 0.3) is 0 Å². The quantitative estimate of drug-likeness (QED) is 0.254. The normalized spacial score (nSPS) is 11.9. The molecular weight excluding hydrogens is 419 g/mol. The van der Waals surface area contributed by atoms with Crippen LogP contribution in [0.2, 0.25) is 0 Å². The molecule has 0 saturated heterocycles. The number of rotatable bonds is 8. The van der Waals surface area contributed by atoms with Gasteiger partial charge in [-0.3, -0.25) is 4.79 Å². The van der Waals surface area contributed by atoms with Crippen LogP contribution < -0.4 is 16.0 Å². The Labute approximate surface area is 176 Å². The highest BCUT2D eigenvalue weighted by Gasteiger charge is 2.33. The van der Waals surface area contributed by atoms with Gasteiger partial charge < -0.3 is 16.0 Å². The highest BCUT2D eigenvalue weighted by Crippen LogP contribution is 2.32. The number of carbonyl (C=O) groups excluding carboxylic acids is 1. The van der Waals surface area contributed by atoms with E-state index in [1.807, 2.05) is 0 Å². The molecule has 0 radical (unpaired) electrons. The summed E-state index contributed by atoms with van der Waals surface area (Å²) in [5.74, 6) is -1.44. The molecule has 0 unspecified atom stereocenters. The second-order valence-electron chi connectivity index (χ2n) is 6.58. The monoisotopic (exact) mass is 442 g/mol. The average Bonchev–Trinajstić information content (AvgIpc) is 2.69. The van der Waals surface area contributed by atoms with Crippen LogP contribution in [0.4, 0.5) is 22.0 Å². The molecular formula is C21H23F5N4O. The summed E-state index contributed by atoms with van der Waals surface area (Å²) in [4.78, 5) is 16.0. The van der Waals surface area contributed by atoms with Crippen molar-refractivity contribution >= 4 is 11.9 Å². The lowest BCUT2D eigenvalue weighted by Crippen LogP contribution is -2.41. The van der Waals surface area contributed by atoms with Gasteiger partial charge in [-0.2, -0.15) is 13.2 Å². The third-order valence-electron chi connectivity index (χ3n) is 4.12. The smallest absolute Gasteiger partial charge is 0.357 e. The van der Waals surface area contributed by atoms with Gasteiger partial charge in [-0.1, -0.05) is 18.2 Å². The van der Waals surface area contributed by atoms with Gasteiger partial charge in [-0.25, -0.2) is 13.8 Å². The second kappa shape index (κ2) is 11.3. The Kier molecular flexibility index (Phi) is 8.77. The summed E-state index contributed by atoms with van der Waals surface area (Å²) in [6.07, 6.45) is -4.67. The number of alkyl halides is 3. The number of amides is 1. The fourth-order valence-electron chi connectivity index (χ4n) is 2.73. The molecule has 31 heavy (non-hydrogen) atoms. The zero-order valence-electron chi connectivity index (χ0n) is 16.8. The maximum atomic E-state index is 13.2. The van der Waals surface area contributed by atoms with Crippen molar-refractivity contribution in [3.05, 3.63) is 70.8 Å². The molecule has 0 aliphatic heterocycles. The second-order valence-corrected chi connectivity index (χ2v) is 6.58. The molecule has 0 aromatic heterocycles. The minimum absolute atomic E-state index is 0.0245. The lowest BCUT2D eigenvalue weighted by Gasteiger charge is -2.14. The molecule has 2 aromatic carbocycles. The Morgan fingerprint density at radius 1 is 0.968 bits per heavy atom. The molecule has 0 atom stereocenters. The number of aliphatic imine (C=N–C) groups is 1. The summed E-state index contributed by atoms with van der Waals surface area (Å²) < 4.78 is 65.6. The van der Waals surface area contributed by atoms with Crippen LogP contribution >= 0.6 is 0 Å². The number of benzene rings is 2. The maximum Gasteiger partial charge on any atom is 0.416 e. The van der Waals surface area contributed by atoms with Crippen LogP contribution in [0.3, 0.4) is 0 Å². The summed E-state index contributed by atoms with van der Waals surface area (Å²) >= 11 is 0. The number of nitrogens with one attached hydrogen (secondary N) is 3. The number of hydrogen-bond acceptors (Lipinski definition) is 2. The summed E-state index contributed by atoms with van der Waals surface area (Å²) in [6, 6.07) is 8.17. The van der Waals surface area contributed by atoms with Crippen molar-refractivity contribution in [3.8, 4) is 0 Å². The molecule has 0 saturated carbocycles. The van der Waals surface area contributed by atoms with E-state index in [0.717, 1.165) is 12.1 Å². The molecule has 2 rings (SSSR count). The Balaban J connectivity index is 1.89. The van der Waals surface area contributed by atoms with Crippen molar-refractivity contribution in [2.24, 2.45) is 4.99 Å².